The molecule has 4 N–H and O–H groups in total. The van der Waals surface area contributed by atoms with Gasteiger partial charge in [-0.1, -0.05) is 60.7 Å². The second kappa shape index (κ2) is 11.8. The average molecular weight is 330 g/mol. The molecular formula is C18H22N2O4. The van der Waals surface area contributed by atoms with Crippen molar-refractivity contribution in [2.45, 2.75) is 0 Å². The van der Waals surface area contributed by atoms with E-state index in [-0.39, 0.29) is 11.1 Å². The highest BCUT2D eigenvalue weighted by Crippen LogP contribution is 1.95. The number of hydrogen-bond donors (Lipinski definition) is 2. The molecule has 6 heteroatoms. The zero-order valence-electron chi connectivity index (χ0n) is 13.4. The Morgan fingerprint density at radius 1 is 0.625 bits per heavy atom. The zero-order chi connectivity index (χ0) is 17.6. The Kier molecular flexibility index (Phi) is 9.52. The van der Waals surface area contributed by atoms with Crippen LogP contribution in [-0.2, 0) is 0 Å². The minimum atomic E-state index is -1.13. The molecule has 1 saturated heterocycles. The molecule has 2 aromatic rings. The molecule has 24 heavy (non-hydrogen) atoms. The van der Waals surface area contributed by atoms with Crippen molar-refractivity contribution in [3.05, 3.63) is 71.8 Å². The van der Waals surface area contributed by atoms with Crippen LogP contribution in [0.1, 0.15) is 20.7 Å². The smallest absolute Gasteiger partial charge is 0.125 e. The molecule has 1 heterocycles. The van der Waals surface area contributed by atoms with Gasteiger partial charge < -0.3 is 30.4 Å². The van der Waals surface area contributed by atoms with Crippen LogP contribution in [0.2, 0.25) is 0 Å². The van der Waals surface area contributed by atoms with E-state index in [2.05, 4.69) is 10.6 Å². The summed E-state index contributed by atoms with van der Waals surface area (Å²) >= 11 is 0. The fourth-order valence-corrected chi connectivity index (χ4v) is 1.91. The second-order valence-electron chi connectivity index (χ2n) is 5.04. The molecule has 0 bridgehead atoms. The summed E-state index contributed by atoms with van der Waals surface area (Å²) in [5, 5.41) is 24.9. The van der Waals surface area contributed by atoms with E-state index in [1.54, 1.807) is 36.4 Å². The normalized spacial score (nSPS) is 12.7. The van der Waals surface area contributed by atoms with Gasteiger partial charge in [-0.3, -0.25) is 0 Å². The monoisotopic (exact) mass is 330 g/mol. The van der Waals surface area contributed by atoms with Crippen LogP contribution in [0.4, 0.5) is 0 Å². The second-order valence-corrected chi connectivity index (χ2v) is 5.04. The zero-order valence-corrected chi connectivity index (χ0v) is 13.4. The first-order chi connectivity index (χ1) is 11.6. The van der Waals surface area contributed by atoms with Crippen molar-refractivity contribution in [3.63, 3.8) is 0 Å². The Hall–Kier alpha value is -2.70. The molecule has 0 aliphatic carbocycles. The van der Waals surface area contributed by atoms with Gasteiger partial charge in [-0.25, -0.2) is 0 Å². The predicted molar refractivity (Wildman–Crippen MR) is 84.9 cm³/mol. The van der Waals surface area contributed by atoms with Gasteiger partial charge in [0.25, 0.3) is 0 Å². The maximum atomic E-state index is 10.1. The van der Waals surface area contributed by atoms with Crippen LogP contribution >= 0.6 is 0 Å². The standard InChI is InChI=1S/2C7H6O2.C4H10N2/c2*8-7(9)6-4-2-1-3-5-6;1-2-6-4-3-5-1/h2*1-5H,(H,8,9);5-6H,1-4H2. The first kappa shape index (κ1) is 19.3. The molecule has 6 nitrogen and oxygen atoms in total. The summed E-state index contributed by atoms with van der Waals surface area (Å²) in [6.45, 7) is 5.28. The van der Waals surface area contributed by atoms with Gasteiger partial charge in [0, 0.05) is 0 Å². The molecular weight excluding hydrogens is 308 g/mol. The molecule has 0 aromatic heterocycles. The van der Waals surface area contributed by atoms with E-state index in [0.29, 0.717) is 0 Å². The first-order valence-corrected chi connectivity index (χ1v) is 7.77. The van der Waals surface area contributed by atoms with Gasteiger partial charge in [0.1, 0.15) is 26.2 Å². The SMILES string of the molecule is C1C[NH2+]CC[NH2+]1.O=C([O-])c1ccccc1.O=C([O-])c1ccccc1. The summed E-state index contributed by atoms with van der Waals surface area (Å²) in [6.07, 6.45) is 0. The van der Waals surface area contributed by atoms with E-state index in [9.17, 15) is 19.8 Å². The van der Waals surface area contributed by atoms with Crippen molar-refractivity contribution in [1.29, 1.82) is 0 Å². The number of carbonyl (C=O) groups is 2. The summed E-state index contributed by atoms with van der Waals surface area (Å²) in [7, 11) is 0. The number of carboxylic acids is 2. The molecule has 0 unspecified atom stereocenters. The lowest BCUT2D eigenvalue weighted by molar-refractivity contribution is -0.787. The maximum Gasteiger partial charge on any atom is 0.125 e. The van der Waals surface area contributed by atoms with Crippen LogP contribution in [0, 0.1) is 0 Å². The molecule has 1 aliphatic heterocycles. The van der Waals surface area contributed by atoms with E-state index in [1.807, 2.05) is 0 Å². The molecule has 3 rings (SSSR count). The van der Waals surface area contributed by atoms with Crippen LogP contribution in [0.3, 0.4) is 0 Å². The summed E-state index contributed by atoms with van der Waals surface area (Å²) in [5.74, 6) is -2.26. The van der Waals surface area contributed by atoms with Crippen molar-refractivity contribution in [3.8, 4) is 0 Å². The van der Waals surface area contributed by atoms with Crippen molar-refractivity contribution < 1.29 is 30.4 Å². The van der Waals surface area contributed by atoms with E-state index < -0.39 is 11.9 Å². The van der Waals surface area contributed by atoms with E-state index in [4.69, 9.17) is 0 Å². The molecule has 1 aliphatic rings. The number of nitrogens with two attached hydrogens (primary N) is 2. The van der Waals surface area contributed by atoms with Gasteiger partial charge in [-0.15, -0.1) is 0 Å². The van der Waals surface area contributed by atoms with E-state index >= 15 is 0 Å². The van der Waals surface area contributed by atoms with Crippen molar-refractivity contribution >= 4 is 11.9 Å². The highest BCUT2D eigenvalue weighted by molar-refractivity contribution is 5.85. The minimum absolute atomic E-state index is 0.220. The van der Waals surface area contributed by atoms with Gasteiger partial charge in [0.05, 0.1) is 11.9 Å². The summed E-state index contributed by atoms with van der Waals surface area (Å²) < 4.78 is 0. The molecule has 0 spiro atoms. The number of aromatic carboxylic acids is 2. The lowest BCUT2D eigenvalue weighted by atomic mass is 10.2. The van der Waals surface area contributed by atoms with Crippen LogP contribution in [0.15, 0.2) is 60.7 Å². The fraction of sp³-hybridized carbons (Fsp3) is 0.222. The van der Waals surface area contributed by atoms with Crippen LogP contribution < -0.4 is 20.8 Å². The maximum absolute atomic E-state index is 10.1. The number of piperazine rings is 1. The molecule has 0 amide bonds. The van der Waals surface area contributed by atoms with Gasteiger partial charge in [-0.2, -0.15) is 0 Å². The molecule has 128 valence electrons. The third-order valence-electron chi connectivity index (χ3n) is 3.17. The van der Waals surface area contributed by atoms with Crippen molar-refractivity contribution in [2.24, 2.45) is 0 Å². The molecule has 0 radical (unpaired) electrons. The summed E-state index contributed by atoms with van der Waals surface area (Å²) in [6, 6.07) is 16.1. The number of carbonyl (C=O) groups excluding carboxylic acids is 2. The summed E-state index contributed by atoms with van der Waals surface area (Å²) in [5.41, 5.74) is 0.440. The van der Waals surface area contributed by atoms with Crippen molar-refractivity contribution in [1.82, 2.24) is 0 Å². The van der Waals surface area contributed by atoms with E-state index in [1.165, 1.54) is 50.4 Å². The average Bonchev–Trinajstić information content (AvgIpc) is 2.65. The molecule has 2 aromatic carbocycles. The Bertz CT molecular complexity index is 538. The fourth-order valence-electron chi connectivity index (χ4n) is 1.91. The molecule has 0 atom stereocenters. The van der Waals surface area contributed by atoms with Crippen LogP contribution in [-0.4, -0.2) is 38.1 Å². The number of quaternary nitrogens is 2. The largest absolute Gasteiger partial charge is 0.545 e. The van der Waals surface area contributed by atoms with Gasteiger partial charge in [-0.05, 0) is 11.1 Å². The quantitative estimate of drug-likeness (QED) is 0.620. The first-order valence-electron chi connectivity index (χ1n) is 7.77. The van der Waals surface area contributed by atoms with Gasteiger partial charge in [0.15, 0.2) is 0 Å². The highest BCUT2D eigenvalue weighted by atomic mass is 16.4. The van der Waals surface area contributed by atoms with Crippen LogP contribution in [0.5, 0.6) is 0 Å². The third-order valence-corrected chi connectivity index (χ3v) is 3.17. The van der Waals surface area contributed by atoms with Crippen molar-refractivity contribution in [2.75, 3.05) is 26.2 Å². The minimum Gasteiger partial charge on any atom is -0.545 e. The third kappa shape index (κ3) is 8.67. The predicted octanol–water partition coefficient (Wildman–Crippen LogP) is -2.77. The Balaban J connectivity index is 0.000000184. The number of rotatable bonds is 2. The van der Waals surface area contributed by atoms with Gasteiger partial charge in [0.2, 0.25) is 0 Å². The number of benzene rings is 2. The molecule has 0 saturated carbocycles. The Morgan fingerprint density at radius 2 is 0.917 bits per heavy atom. The van der Waals surface area contributed by atoms with Crippen LogP contribution in [0.25, 0.3) is 0 Å². The topological polar surface area (TPSA) is 113 Å². The number of carboxylic acid groups (broad SMARTS) is 2. The van der Waals surface area contributed by atoms with Gasteiger partial charge >= 0.3 is 0 Å². The van der Waals surface area contributed by atoms with E-state index in [0.717, 1.165) is 0 Å². The number of hydrogen-bond acceptors (Lipinski definition) is 4. The highest BCUT2D eigenvalue weighted by Gasteiger charge is 1.99. The summed E-state index contributed by atoms with van der Waals surface area (Å²) in [4.78, 5) is 20.2. The lowest BCUT2D eigenvalue weighted by Crippen LogP contribution is -3.04. The Labute approximate surface area is 141 Å². The lowest BCUT2D eigenvalue weighted by Gasteiger charge is -2.04. The molecule has 1 fully saturated rings. The Morgan fingerprint density at radius 3 is 1.08 bits per heavy atom.